The molecule has 1 aromatic heterocycles. The van der Waals surface area contributed by atoms with E-state index in [-0.39, 0.29) is 0 Å². The third-order valence-corrected chi connectivity index (χ3v) is 6.89. The summed E-state index contributed by atoms with van der Waals surface area (Å²) in [6, 6.07) is 22.2. The first kappa shape index (κ1) is 27.1. The molecule has 0 saturated carbocycles. The number of carbonyl (C=O) groups is 2. The minimum Gasteiger partial charge on any atom is -0.478 e. The summed E-state index contributed by atoms with van der Waals surface area (Å²) in [6.07, 6.45) is 8.15. The number of aromatic nitrogens is 2. The van der Waals surface area contributed by atoms with Crippen LogP contribution in [0.1, 0.15) is 42.6 Å². The van der Waals surface area contributed by atoms with Crippen molar-refractivity contribution in [2.45, 2.75) is 45.1 Å². The van der Waals surface area contributed by atoms with Gasteiger partial charge in [0.05, 0.1) is 18.0 Å². The molecule has 1 aliphatic carbocycles. The van der Waals surface area contributed by atoms with Crippen LogP contribution in [-0.4, -0.2) is 56.3 Å². The third kappa shape index (κ3) is 7.79. The quantitative estimate of drug-likeness (QED) is 0.415. The fraction of sp³-hybridized carbons (Fsp3) is 0.367. The summed E-state index contributed by atoms with van der Waals surface area (Å²) >= 11 is 0. The van der Waals surface area contributed by atoms with Crippen molar-refractivity contribution < 1.29 is 24.5 Å². The SMILES string of the molecule is O=C(O)C=CC(=O)O.c1ccc(CN2CCC(COc3nc4c(n3-c3ccccc3)CCCC4)CC2)cc1. The van der Waals surface area contributed by atoms with Crippen LogP contribution >= 0.6 is 0 Å². The number of hydrogen-bond donors (Lipinski definition) is 2. The number of carboxylic acid groups (broad SMARTS) is 2. The molecule has 2 aromatic carbocycles. The van der Waals surface area contributed by atoms with Gasteiger partial charge in [-0.3, -0.25) is 9.47 Å². The second-order valence-corrected chi connectivity index (χ2v) is 9.69. The molecule has 0 spiro atoms. The second-order valence-electron chi connectivity index (χ2n) is 9.69. The predicted molar refractivity (Wildman–Crippen MR) is 145 cm³/mol. The smallest absolute Gasteiger partial charge is 0.328 e. The lowest BCUT2D eigenvalue weighted by Crippen LogP contribution is -2.35. The molecule has 2 heterocycles. The summed E-state index contributed by atoms with van der Waals surface area (Å²) in [6.45, 7) is 4.11. The molecule has 8 nitrogen and oxygen atoms in total. The van der Waals surface area contributed by atoms with E-state index in [0.29, 0.717) is 18.1 Å². The maximum absolute atomic E-state index is 9.55. The highest BCUT2D eigenvalue weighted by Crippen LogP contribution is 2.30. The Balaban J connectivity index is 0.000000368. The standard InChI is InChI=1S/C26H31N3O.C4H4O4/c1-3-9-21(10-4-1)19-28-17-15-22(16-18-28)20-30-26-27-24-13-7-8-14-25(24)29(26)23-11-5-2-6-12-23;5-3(6)1-2-4(7)8/h1-6,9-12,22H,7-8,13-20H2;1-2H,(H,5,6)(H,7,8). The van der Waals surface area contributed by atoms with Gasteiger partial charge in [-0.2, -0.15) is 4.98 Å². The summed E-state index contributed by atoms with van der Waals surface area (Å²) in [4.78, 5) is 26.6. The van der Waals surface area contributed by atoms with Gasteiger partial charge in [0.2, 0.25) is 0 Å². The van der Waals surface area contributed by atoms with Crippen LogP contribution in [0.4, 0.5) is 0 Å². The van der Waals surface area contributed by atoms with E-state index in [1.54, 1.807) is 0 Å². The van der Waals surface area contributed by atoms with Gasteiger partial charge in [0.1, 0.15) is 0 Å². The van der Waals surface area contributed by atoms with E-state index in [1.165, 1.54) is 48.3 Å². The Morgan fingerprint density at radius 2 is 1.50 bits per heavy atom. The summed E-state index contributed by atoms with van der Waals surface area (Å²) in [5.41, 5.74) is 5.15. The summed E-state index contributed by atoms with van der Waals surface area (Å²) < 4.78 is 8.63. The molecule has 0 amide bonds. The molecular formula is C30H35N3O5. The van der Waals surface area contributed by atoms with E-state index in [2.05, 4.69) is 70.1 Å². The number of fused-ring (bicyclic) bond motifs is 1. The van der Waals surface area contributed by atoms with E-state index in [1.807, 2.05) is 0 Å². The van der Waals surface area contributed by atoms with Crippen LogP contribution in [0, 0.1) is 5.92 Å². The lowest BCUT2D eigenvalue weighted by Gasteiger charge is -2.31. The number of ether oxygens (including phenoxy) is 1. The van der Waals surface area contributed by atoms with Crippen LogP contribution in [0.2, 0.25) is 0 Å². The molecule has 8 heteroatoms. The Morgan fingerprint density at radius 3 is 2.13 bits per heavy atom. The van der Waals surface area contributed by atoms with Gasteiger partial charge in [-0.15, -0.1) is 0 Å². The van der Waals surface area contributed by atoms with Crippen molar-refractivity contribution in [2.24, 2.45) is 5.92 Å². The Morgan fingerprint density at radius 1 is 0.895 bits per heavy atom. The van der Waals surface area contributed by atoms with E-state index >= 15 is 0 Å². The molecule has 0 atom stereocenters. The number of aliphatic carboxylic acids is 2. The number of piperidine rings is 1. The van der Waals surface area contributed by atoms with Crippen LogP contribution in [0.15, 0.2) is 72.8 Å². The molecule has 2 aliphatic rings. The number of hydrogen-bond acceptors (Lipinski definition) is 5. The van der Waals surface area contributed by atoms with Crippen molar-refractivity contribution in [2.75, 3.05) is 19.7 Å². The first-order chi connectivity index (χ1) is 18.5. The molecule has 0 radical (unpaired) electrons. The van der Waals surface area contributed by atoms with Crippen molar-refractivity contribution in [3.8, 4) is 11.7 Å². The maximum Gasteiger partial charge on any atom is 0.328 e. The number of aryl methyl sites for hydroxylation is 1. The maximum atomic E-state index is 9.55. The van der Waals surface area contributed by atoms with Gasteiger partial charge in [0.25, 0.3) is 0 Å². The molecule has 1 fully saturated rings. The van der Waals surface area contributed by atoms with Crippen molar-refractivity contribution in [3.63, 3.8) is 0 Å². The molecule has 38 heavy (non-hydrogen) atoms. The van der Waals surface area contributed by atoms with E-state index in [9.17, 15) is 9.59 Å². The first-order valence-electron chi connectivity index (χ1n) is 13.2. The molecule has 5 rings (SSSR count). The zero-order chi connectivity index (χ0) is 26.7. The average molecular weight is 518 g/mol. The molecule has 1 aliphatic heterocycles. The van der Waals surface area contributed by atoms with Crippen LogP contribution in [0.5, 0.6) is 6.01 Å². The molecule has 3 aromatic rings. The summed E-state index contributed by atoms with van der Waals surface area (Å²) in [7, 11) is 0. The zero-order valence-electron chi connectivity index (χ0n) is 21.5. The minimum atomic E-state index is -1.26. The van der Waals surface area contributed by atoms with Gasteiger partial charge < -0.3 is 14.9 Å². The number of carboxylic acids is 2. The molecule has 0 bridgehead atoms. The highest BCUT2D eigenvalue weighted by Gasteiger charge is 2.24. The summed E-state index contributed by atoms with van der Waals surface area (Å²) in [5, 5.41) is 15.6. The Bertz CT molecular complexity index is 1200. The Labute approximate surface area is 223 Å². The van der Waals surface area contributed by atoms with Crippen molar-refractivity contribution in [1.29, 1.82) is 0 Å². The van der Waals surface area contributed by atoms with E-state index in [4.69, 9.17) is 19.9 Å². The summed E-state index contributed by atoms with van der Waals surface area (Å²) in [5.74, 6) is -1.91. The lowest BCUT2D eigenvalue weighted by atomic mass is 9.97. The highest BCUT2D eigenvalue weighted by molar-refractivity contribution is 5.89. The predicted octanol–water partition coefficient (Wildman–Crippen LogP) is 4.75. The number of imidazole rings is 1. The van der Waals surface area contributed by atoms with Gasteiger partial charge in [0, 0.05) is 24.4 Å². The molecule has 200 valence electrons. The van der Waals surface area contributed by atoms with E-state index < -0.39 is 11.9 Å². The number of benzene rings is 2. The van der Waals surface area contributed by atoms with Crippen LogP contribution in [0.25, 0.3) is 5.69 Å². The fourth-order valence-corrected chi connectivity index (χ4v) is 4.94. The topological polar surface area (TPSA) is 105 Å². The number of likely N-dealkylation sites (tertiary alicyclic amines) is 1. The lowest BCUT2D eigenvalue weighted by molar-refractivity contribution is -0.134. The molecule has 1 saturated heterocycles. The largest absolute Gasteiger partial charge is 0.478 e. The highest BCUT2D eigenvalue weighted by atomic mass is 16.5. The van der Waals surface area contributed by atoms with Crippen LogP contribution < -0.4 is 4.74 Å². The van der Waals surface area contributed by atoms with Gasteiger partial charge in [-0.05, 0) is 75.2 Å². The third-order valence-electron chi connectivity index (χ3n) is 6.89. The zero-order valence-corrected chi connectivity index (χ0v) is 21.5. The molecule has 2 N–H and O–H groups in total. The average Bonchev–Trinajstić information content (AvgIpc) is 3.31. The Kier molecular flexibility index (Phi) is 9.70. The van der Waals surface area contributed by atoms with Crippen molar-refractivity contribution >= 4 is 11.9 Å². The van der Waals surface area contributed by atoms with Crippen LogP contribution in [0.3, 0.4) is 0 Å². The number of rotatable bonds is 8. The normalized spacial score (nSPS) is 15.9. The number of para-hydroxylation sites is 1. The Hall–Kier alpha value is -3.91. The number of nitrogens with zero attached hydrogens (tertiary/aromatic N) is 3. The molecular weight excluding hydrogens is 482 g/mol. The van der Waals surface area contributed by atoms with Crippen LogP contribution in [-0.2, 0) is 29.0 Å². The first-order valence-corrected chi connectivity index (χ1v) is 13.2. The fourth-order valence-electron chi connectivity index (χ4n) is 4.94. The minimum absolute atomic E-state index is 0.558. The molecule has 0 unspecified atom stereocenters. The van der Waals surface area contributed by atoms with Crippen molar-refractivity contribution in [1.82, 2.24) is 14.5 Å². The van der Waals surface area contributed by atoms with Gasteiger partial charge in [0.15, 0.2) is 0 Å². The second kappa shape index (κ2) is 13.6. The van der Waals surface area contributed by atoms with Gasteiger partial charge in [-0.1, -0.05) is 48.5 Å². The monoisotopic (exact) mass is 517 g/mol. The van der Waals surface area contributed by atoms with Crippen molar-refractivity contribution in [3.05, 3.63) is 89.8 Å². The van der Waals surface area contributed by atoms with Gasteiger partial charge >= 0.3 is 17.9 Å². The van der Waals surface area contributed by atoms with Gasteiger partial charge in [-0.25, -0.2) is 9.59 Å². The van der Waals surface area contributed by atoms with E-state index in [0.717, 1.165) is 45.1 Å².